The van der Waals surface area contributed by atoms with Crippen molar-refractivity contribution < 1.29 is 13.9 Å². The highest BCUT2D eigenvalue weighted by Crippen LogP contribution is 2.15. The number of hydrogen-bond donors (Lipinski definition) is 1. The fourth-order valence-electron chi connectivity index (χ4n) is 0.974. The van der Waals surface area contributed by atoms with Crippen LogP contribution in [0, 0.1) is 5.82 Å². The van der Waals surface area contributed by atoms with Crippen LogP contribution in [0.25, 0.3) is 0 Å². The lowest BCUT2D eigenvalue weighted by atomic mass is 10.2. The summed E-state index contributed by atoms with van der Waals surface area (Å²) >= 11 is 3.89. The maximum Gasteiger partial charge on any atom is 0.338 e. The summed E-state index contributed by atoms with van der Waals surface area (Å²) in [6.45, 7) is 3.73. The lowest BCUT2D eigenvalue weighted by molar-refractivity contribution is 0.0334. The van der Waals surface area contributed by atoms with Gasteiger partial charge in [-0.05, 0) is 31.5 Å². The van der Waals surface area contributed by atoms with Crippen molar-refractivity contribution >= 4 is 18.6 Å². The first kappa shape index (κ1) is 12.0. The molecule has 82 valence electrons. The molecule has 0 heterocycles. The van der Waals surface area contributed by atoms with E-state index in [2.05, 4.69) is 12.6 Å². The highest BCUT2D eigenvalue weighted by atomic mass is 32.1. The Labute approximate surface area is 93.9 Å². The summed E-state index contributed by atoms with van der Waals surface area (Å²) in [6, 6.07) is 3.96. The minimum Gasteiger partial charge on any atom is -0.459 e. The minimum atomic E-state index is -0.446. The number of carbonyl (C=O) groups is 1. The van der Waals surface area contributed by atoms with Gasteiger partial charge in [0.1, 0.15) is 5.82 Å². The van der Waals surface area contributed by atoms with E-state index in [0.717, 1.165) is 6.42 Å². The van der Waals surface area contributed by atoms with E-state index in [1.165, 1.54) is 18.2 Å². The first-order chi connectivity index (χ1) is 7.04. The molecule has 0 aromatic heterocycles. The van der Waals surface area contributed by atoms with Gasteiger partial charge in [0, 0.05) is 4.90 Å². The van der Waals surface area contributed by atoms with Crippen molar-refractivity contribution in [2.24, 2.45) is 0 Å². The van der Waals surface area contributed by atoms with Gasteiger partial charge in [-0.3, -0.25) is 0 Å². The Morgan fingerprint density at radius 1 is 1.60 bits per heavy atom. The topological polar surface area (TPSA) is 26.3 Å². The minimum absolute atomic E-state index is 0.133. The van der Waals surface area contributed by atoms with Crippen molar-refractivity contribution in [2.45, 2.75) is 31.3 Å². The van der Waals surface area contributed by atoms with Crippen molar-refractivity contribution in [1.82, 2.24) is 0 Å². The fraction of sp³-hybridized carbons (Fsp3) is 0.364. The largest absolute Gasteiger partial charge is 0.459 e. The second kappa shape index (κ2) is 5.16. The molecular weight excluding hydrogens is 215 g/mol. The van der Waals surface area contributed by atoms with Gasteiger partial charge in [-0.2, -0.15) is 0 Å². The van der Waals surface area contributed by atoms with Crippen molar-refractivity contribution in [3.8, 4) is 0 Å². The van der Waals surface area contributed by atoms with Gasteiger partial charge < -0.3 is 4.74 Å². The lowest BCUT2D eigenvalue weighted by Crippen LogP contribution is -2.14. The Morgan fingerprint density at radius 3 is 2.80 bits per heavy atom. The van der Waals surface area contributed by atoms with Crippen molar-refractivity contribution in [3.05, 3.63) is 29.6 Å². The number of thiol groups is 1. The van der Waals surface area contributed by atoms with Gasteiger partial charge >= 0.3 is 5.97 Å². The van der Waals surface area contributed by atoms with Gasteiger partial charge in [-0.1, -0.05) is 6.92 Å². The molecule has 4 heteroatoms. The SMILES string of the molecule is CCC(C)OC(=O)c1ccc(F)c(S)c1. The fourth-order valence-corrected chi connectivity index (χ4v) is 1.19. The van der Waals surface area contributed by atoms with Crippen LogP contribution in [0.3, 0.4) is 0 Å². The van der Waals surface area contributed by atoms with E-state index in [1.807, 2.05) is 13.8 Å². The second-order valence-corrected chi connectivity index (χ2v) is 3.77. The molecule has 0 aliphatic carbocycles. The zero-order valence-electron chi connectivity index (χ0n) is 8.66. The number of ether oxygens (including phenoxy) is 1. The maximum atomic E-state index is 12.9. The van der Waals surface area contributed by atoms with Crippen LogP contribution < -0.4 is 0 Å². The third-order valence-electron chi connectivity index (χ3n) is 2.06. The first-order valence-corrected chi connectivity index (χ1v) is 5.18. The Morgan fingerprint density at radius 2 is 2.27 bits per heavy atom. The molecule has 0 bridgehead atoms. The summed E-state index contributed by atoms with van der Waals surface area (Å²) < 4.78 is 17.9. The molecule has 0 saturated heterocycles. The summed E-state index contributed by atoms with van der Waals surface area (Å²) in [4.78, 5) is 11.6. The van der Waals surface area contributed by atoms with Crippen molar-refractivity contribution in [3.63, 3.8) is 0 Å². The number of halogens is 1. The predicted molar refractivity (Wildman–Crippen MR) is 58.8 cm³/mol. The molecule has 15 heavy (non-hydrogen) atoms. The van der Waals surface area contributed by atoms with Crippen LogP contribution in [0.5, 0.6) is 0 Å². The van der Waals surface area contributed by atoms with E-state index in [0.29, 0.717) is 5.56 Å². The Kier molecular flexibility index (Phi) is 4.15. The molecule has 1 aromatic carbocycles. The molecule has 1 rings (SSSR count). The summed E-state index contributed by atoms with van der Waals surface area (Å²) in [6.07, 6.45) is 0.617. The Bertz CT molecular complexity index is 366. The van der Waals surface area contributed by atoms with E-state index in [-0.39, 0.29) is 11.0 Å². The molecule has 0 saturated carbocycles. The van der Waals surface area contributed by atoms with E-state index >= 15 is 0 Å². The highest BCUT2D eigenvalue weighted by Gasteiger charge is 2.11. The van der Waals surface area contributed by atoms with Gasteiger partial charge in [0.25, 0.3) is 0 Å². The van der Waals surface area contributed by atoms with E-state index in [1.54, 1.807) is 0 Å². The average Bonchev–Trinajstić information content (AvgIpc) is 2.21. The molecule has 1 unspecified atom stereocenters. The van der Waals surface area contributed by atoms with Crippen molar-refractivity contribution in [1.29, 1.82) is 0 Å². The summed E-state index contributed by atoms with van der Waals surface area (Å²) in [5, 5.41) is 0. The number of rotatable bonds is 3. The standard InChI is InChI=1S/C11H13FO2S/c1-3-7(2)14-11(13)8-4-5-9(12)10(15)6-8/h4-7,15H,3H2,1-2H3. The molecule has 0 spiro atoms. The number of hydrogen-bond acceptors (Lipinski definition) is 3. The van der Waals surface area contributed by atoms with Crippen LogP contribution in [-0.2, 0) is 4.74 Å². The zero-order chi connectivity index (χ0) is 11.4. The number of esters is 1. The normalized spacial score (nSPS) is 12.3. The molecule has 2 nitrogen and oxygen atoms in total. The molecule has 0 amide bonds. The molecule has 0 N–H and O–H groups in total. The van der Waals surface area contributed by atoms with Gasteiger partial charge in [0.15, 0.2) is 0 Å². The van der Waals surface area contributed by atoms with E-state index in [9.17, 15) is 9.18 Å². The van der Waals surface area contributed by atoms with Crippen LogP contribution in [0.1, 0.15) is 30.6 Å². The summed E-state index contributed by atoms with van der Waals surface area (Å²) in [5.74, 6) is -0.891. The van der Waals surface area contributed by atoms with E-state index in [4.69, 9.17) is 4.74 Å². The number of benzene rings is 1. The van der Waals surface area contributed by atoms with Crippen LogP contribution in [0.15, 0.2) is 23.1 Å². The third kappa shape index (κ3) is 3.23. The molecule has 1 atom stereocenters. The Hall–Kier alpha value is -1.03. The molecule has 1 aromatic rings. The van der Waals surface area contributed by atoms with Gasteiger partial charge in [0.2, 0.25) is 0 Å². The van der Waals surface area contributed by atoms with Crippen LogP contribution in [0.4, 0.5) is 4.39 Å². The van der Waals surface area contributed by atoms with Crippen LogP contribution in [0.2, 0.25) is 0 Å². The molecule has 0 aliphatic rings. The second-order valence-electron chi connectivity index (χ2n) is 3.29. The van der Waals surface area contributed by atoms with Crippen LogP contribution >= 0.6 is 12.6 Å². The summed E-state index contributed by atoms with van der Waals surface area (Å²) in [7, 11) is 0. The third-order valence-corrected chi connectivity index (χ3v) is 2.41. The van der Waals surface area contributed by atoms with E-state index < -0.39 is 11.8 Å². The molecule has 0 radical (unpaired) electrons. The smallest absolute Gasteiger partial charge is 0.338 e. The number of carbonyl (C=O) groups excluding carboxylic acids is 1. The van der Waals surface area contributed by atoms with Gasteiger partial charge in [-0.15, -0.1) is 12.6 Å². The first-order valence-electron chi connectivity index (χ1n) is 4.74. The van der Waals surface area contributed by atoms with Crippen molar-refractivity contribution in [2.75, 3.05) is 0 Å². The van der Waals surface area contributed by atoms with Gasteiger partial charge in [-0.25, -0.2) is 9.18 Å². The quantitative estimate of drug-likeness (QED) is 0.635. The molecule has 0 fully saturated rings. The van der Waals surface area contributed by atoms with Gasteiger partial charge in [0.05, 0.1) is 11.7 Å². The summed E-state index contributed by atoms with van der Waals surface area (Å²) in [5.41, 5.74) is 0.321. The lowest BCUT2D eigenvalue weighted by Gasteiger charge is -2.10. The highest BCUT2D eigenvalue weighted by molar-refractivity contribution is 7.80. The predicted octanol–water partition coefficient (Wildman–Crippen LogP) is 3.07. The zero-order valence-corrected chi connectivity index (χ0v) is 9.55. The van der Waals surface area contributed by atoms with Crippen LogP contribution in [-0.4, -0.2) is 12.1 Å². The maximum absolute atomic E-state index is 12.9. The monoisotopic (exact) mass is 228 g/mol. The molecule has 0 aliphatic heterocycles. The Balaban J connectivity index is 2.78. The average molecular weight is 228 g/mol. The molecular formula is C11H13FO2S.